The molecule has 0 radical (unpaired) electrons. The summed E-state index contributed by atoms with van der Waals surface area (Å²) in [6.45, 7) is 10.3. The Bertz CT molecular complexity index is 1280. The molecule has 41 heavy (non-hydrogen) atoms. The highest BCUT2D eigenvalue weighted by molar-refractivity contribution is 5.87. The third kappa shape index (κ3) is 4.28. The van der Waals surface area contributed by atoms with E-state index in [1.54, 1.807) is 12.5 Å². The lowest BCUT2D eigenvalue weighted by Crippen LogP contribution is -2.68. The summed E-state index contributed by atoms with van der Waals surface area (Å²) in [6, 6.07) is 1.82. The van der Waals surface area contributed by atoms with Crippen LogP contribution in [0.1, 0.15) is 72.3 Å². The van der Waals surface area contributed by atoms with Gasteiger partial charge in [0.25, 0.3) is 0 Å². The topological polar surface area (TPSA) is 139 Å². The SMILES string of the molecule is COC(=O)C[C@H]1C(C)(C)C(=O)C[C@@H]2OCC3=C4[C@H](O)C[C@@H](c5ccoc5)[C@]4(C)[C@@H](OC(C)=O)[C@H](OC(C)=O)C3[C@@]21C. The molecule has 10 nitrogen and oxygen atoms in total. The number of esters is 3. The van der Waals surface area contributed by atoms with Crippen LogP contribution in [0, 0.1) is 28.1 Å². The van der Waals surface area contributed by atoms with E-state index in [0.717, 1.165) is 11.1 Å². The highest BCUT2D eigenvalue weighted by Gasteiger charge is 2.71. The van der Waals surface area contributed by atoms with Gasteiger partial charge in [0.15, 0.2) is 0 Å². The number of ether oxygens (including phenoxy) is 4. The highest BCUT2D eigenvalue weighted by Crippen LogP contribution is 2.68. The van der Waals surface area contributed by atoms with Crippen LogP contribution in [0.25, 0.3) is 0 Å². The van der Waals surface area contributed by atoms with Gasteiger partial charge in [0.1, 0.15) is 18.0 Å². The van der Waals surface area contributed by atoms with E-state index in [0.29, 0.717) is 12.0 Å². The van der Waals surface area contributed by atoms with E-state index in [4.69, 9.17) is 23.4 Å². The lowest BCUT2D eigenvalue weighted by molar-refractivity contribution is -0.225. The summed E-state index contributed by atoms with van der Waals surface area (Å²) in [5.41, 5.74) is -0.561. The Balaban J connectivity index is 1.80. The minimum Gasteiger partial charge on any atom is -0.472 e. The molecule has 10 heteroatoms. The lowest BCUT2D eigenvalue weighted by atomic mass is 9.44. The Morgan fingerprint density at radius 2 is 1.78 bits per heavy atom. The van der Waals surface area contributed by atoms with Crippen LogP contribution < -0.4 is 0 Å². The second kappa shape index (κ2) is 10.1. The van der Waals surface area contributed by atoms with Crippen LogP contribution in [0.3, 0.4) is 0 Å². The van der Waals surface area contributed by atoms with Crippen molar-refractivity contribution in [2.75, 3.05) is 13.7 Å². The number of hydrogen-bond donors (Lipinski definition) is 1. The molecule has 9 atom stereocenters. The number of carbonyl (C=O) groups excluding carboxylic acids is 4. The molecule has 1 N–H and O–H groups in total. The summed E-state index contributed by atoms with van der Waals surface area (Å²) in [5.74, 6) is -3.12. The Hall–Kier alpha value is -2.98. The fraction of sp³-hybridized carbons (Fsp3) is 0.677. The van der Waals surface area contributed by atoms with E-state index in [1.165, 1.54) is 21.0 Å². The van der Waals surface area contributed by atoms with Crippen LogP contribution >= 0.6 is 0 Å². The van der Waals surface area contributed by atoms with Gasteiger partial charge in [-0.15, -0.1) is 0 Å². The normalized spacial score (nSPS) is 39.3. The summed E-state index contributed by atoms with van der Waals surface area (Å²) < 4.78 is 29.1. The van der Waals surface area contributed by atoms with Gasteiger partial charge in [-0.2, -0.15) is 0 Å². The third-order valence-corrected chi connectivity index (χ3v) is 10.7. The first-order valence-electron chi connectivity index (χ1n) is 14.2. The van der Waals surface area contributed by atoms with E-state index >= 15 is 0 Å². The monoisotopic (exact) mass is 572 g/mol. The molecule has 0 bridgehead atoms. The van der Waals surface area contributed by atoms with Crippen LogP contribution in [0.5, 0.6) is 0 Å². The summed E-state index contributed by atoms with van der Waals surface area (Å²) in [7, 11) is 1.31. The number of carbonyl (C=O) groups is 4. The van der Waals surface area contributed by atoms with Crippen LogP contribution in [0.4, 0.5) is 0 Å². The summed E-state index contributed by atoms with van der Waals surface area (Å²) in [4.78, 5) is 51.6. The zero-order chi connectivity index (χ0) is 30.1. The first-order chi connectivity index (χ1) is 19.2. The van der Waals surface area contributed by atoms with Crippen molar-refractivity contribution in [3.63, 3.8) is 0 Å². The zero-order valence-corrected chi connectivity index (χ0v) is 24.7. The quantitative estimate of drug-likeness (QED) is 0.317. The molecule has 3 aliphatic carbocycles. The first kappa shape index (κ1) is 29.5. The van der Waals surface area contributed by atoms with E-state index in [1.807, 2.05) is 33.8 Å². The number of methoxy groups -OCH3 is 1. The van der Waals surface area contributed by atoms with Gasteiger partial charge in [0.05, 0.1) is 38.5 Å². The van der Waals surface area contributed by atoms with Gasteiger partial charge in [-0.25, -0.2) is 0 Å². The van der Waals surface area contributed by atoms with E-state index in [9.17, 15) is 24.3 Å². The van der Waals surface area contributed by atoms with Crippen LogP contribution in [-0.4, -0.2) is 66.9 Å². The number of aliphatic hydroxyl groups is 1. The molecular weight excluding hydrogens is 532 g/mol. The van der Waals surface area contributed by atoms with E-state index < -0.39 is 70.4 Å². The predicted molar refractivity (Wildman–Crippen MR) is 143 cm³/mol. The molecule has 0 amide bonds. The number of rotatable bonds is 5. The Labute approximate surface area is 239 Å². The number of ketones is 1. The standard InChI is InChI=1S/C31H40O10/c1-15(32)40-27-26-18(14-39-23-12-22(35)29(3,4)21(31(23,26)6)11-24(36)37-7)25-20(34)10-19(17-8-9-38-13-17)30(25,5)28(27)41-16(2)33/h8-9,13,19-21,23,26-28,34H,10-12,14H2,1-7H3/t19-,20+,21-,23-,26?,27+,28-,30-,31+/m0/s1. The summed E-state index contributed by atoms with van der Waals surface area (Å²) >= 11 is 0. The van der Waals surface area contributed by atoms with E-state index in [2.05, 4.69) is 0 Å². The van der Waals surface area contributed by atoms with Crippen molar-refractivity contribution in [3.05, 3.63) is 35.3 Å². The van der Waals surface area contributed by atoms with Crippen molar-refractivity contribution in [1.82, 2.24) is 0 Å². The van der Waals surface area contributed by atoms with Crippen LogP contribution in [0.2, 0.25) is 0 Å². The number of aliphatic hydroxyl groups excluding tert-OH is 1. The van der Waals surface area contributed by atoms with Crippen LogP contribution in [0.15, 0.2) is 34.2 Å². The van der Waals surface area contributed by atoms with Crippen molar-refractivity contribution < 1.29 is 47.6 Å². The van der Waals surface area contributed by atoms with Crippen molar-refractivity contribution in [2.24, 2.45) is 28.1 Å². The average molecular weight is 573 g/mol. The number of fused-ring (bicyclic) bond motifs is 4. The largest absolute Gasteiger partial charge is 0.472 e. The molecule has 1 aromatic rings. The zero-order valence-electron chi connectivity index (χ0n) is 24.7. The van der Waals surface area contributed by atoms with Gasteiger partial charge in [-0.05, 0) is 35.1 Å². The first-order valence-corrected chi connectivity index (χ1v) is 14.2. The second-order valence-electron chi connectivity index (χ2n) is 13.0. The molecule has 2 saturated carbocycles. The van der Waals surface area contributed by atoms with Gasteiger partial charge in [0.2, 0.25) is 0 Å². The minimum atomic E-state index is -0.972. The van der Waals surface area contributed by atoms with Crippen molar-refractivity contribution >= 4 is 23.7 Å². The second-order valence-corrected chi connectivity index (χ2v) is 13.0. The maximum atomic E-state index is 13.4. The maximum absolute atomic E-state index is 13.4. The number of hydrogen-bond acceptors (Lipinski definition) is 10. The summed E-state index contributed by atoms with van der Waals surface area (Å²) in [6.07, 6.45) is 0.119. The number of furan rings is 1. The van der Waals surface area contributed by atoms with Gasteiger partial charge in [0, 0.05) is 54.8 Å². The lowest BCUT2D eigenvalue weighted by Gasteiger charge is -2.63. The highest BCUT2D eigenvalue weighted by atomic mass is 16.6. The molecule has 1 aromatic heterocycles. The molecule has 3 fully saturated rings. The molecule has 0 spiro atoms. The van der Waals surface area contributed by atoms with Crippen LogP contribution in [-0.2, 0) is 38.1 Å². The Kier molecular flexibility index (Phi) is 7.26. The predicted octanol–water partition coefficient (Wildman–Crippen LogP) is 3.51. The minimum absolute atomic E-state index is 0.0351. The molecular formula is C31H40O10. The van der Waals surface area contributed by atoms with Crippen molar-refractivity contribution in [2.45, 2.75) is 91.1 Å². The van der Waals surface area contributed by atoms with E-state index in [-0.39, 0.29) is 31.1 Å². The fourth-order valence-electron chi connectivity index (χ4n) is 8.89. The smallest absolute Gasteiger partial charge is 0.305 e. The van der Waals surface area contributed by atoms with Gasteiger partial charge in [-0.3, -0.25) is 19.2 Å². The van der Waals surface area contributed by atoms with Gasteiger partial charge in [-0.1, -0.05) is 27.7 Å². The molecule has 2 heterocycles. The molecule has 4 aliphatic rings. The molecule has 5 rings (SSSR count). The fourth-order valence-corrected chi connectivity index (χ4v) is 8.89. The molecule has 224 valence electrons. The van der Waals surface area contributed by atoms with Crippen molar-refractivity contribution in [1.29, 1.82) is 0 Å². The Morgan fingerprint density at radius 1 is 1.10 bits per heavy atom. The van der Waals surface area contributed by atoms with Gasteiger partial charge >= 0.3 is 17.9 Å². The molecule has 0 aromatic carbocycles. The maximum Gasteiger partial charge on any atom is 0.305 e. The molecule has 1 unspecified atom stereocenters. The summed E-state index contributed by atoms with van der Waals surface area (Å²) in [5, 5.41) is 11.7. The van der Waals surface area contributed by atoms with Gasteiger partial charge < -0.3 is 28.5 Å². The average Bonchev–Trinajstić information content (AvgIpc) is 3.50. The number of Topliss-reactive ketones (excluding diaryl/α,β-unsaturated/α-hetero) is 1. The third-order valence-electron chi connectivity index (χ3n) is 10.7. The molecule has 1 aliphatic heterocycles. The Morgan fingerprint density at radius 3 is 2.37 bits per heavy atom. The van der Waals surface area contributed by atoms with Crippen molar-refractivity contribution in [3.8, 4) is 0 Å². The molecule has 1 saturated heterocycles.